The molecule has 0 radical (unpaired) electrons. The summed E-state index contributed by atoms with van der Waals surface area (Å²) in [6.07, 6.45) is 0. The van der Waals surface area contributed by atoms with Crippen LogP contribution in [-0.2, 0) is 0 Å². The van der Waals surface area contributed by atoms with Gasteiger partial charge in [0.15, 0.2) is 0 Å². The van der Waals surface area contributed by atoms with E-state index < -0.39 is 5.82 Å². The summed E-state index contributed by atoms with van der Waals surface area (Å²) in [5, 5.41) is 0.352. The van der Waals surface area contributed by atoms with Crippen LogP contribution in [0.1, 0.15) is 0 Å². The van der Waals surface area contributed by atoms with Gasteiger partial charge in [0.2, 0.25) is 0 Å². The number of halogens is 2. The Hall–Kier alpha value is -1.74. The monoisotopic (exact) mass is 266 g/mol. The summed E-state index contributed by atoms with van der Waals surface area (Å²) in [7, 11) is 3.07. The first-order chi connectivity index (χ1) is 8.67. The molecule has 0 unspecified atom stereocenters. The highest BCUT2D eigenvalue weighted by Crippen LogP contribution is 2.39. The maximum Gasteiger partial charge on any atom is 0.132 e. The zero-order valence-corrected chi connectivity index (χ0v) is 10.8. The minimum Gasteiger partial charge on any atom is -0.496 e. The summed E-state index contributed by atoms with van der Waals surface area (Å²) in [5.74, 6) is 0.691. The van der Waals surface area contributed by atoms with Crippen LogP contribution in [0.15, 0.2) is 36.4 Å². The zero-order valence-electron chi connectivity index (χ0n) is 10.0. The summed E-state index contributed by atoms with van der Waals surface area (Å²) in [5.41, 5.74) is 0.977. The predicted molar refractivity (Wildman–Crippen MR) is 70.0 cm³/mol. The molecular formula is C14H12ClFO2. The van der Waals surface area contributed by atoms with Crippen molar-refractivity contribution in [1.29, 1.82) is 0 Å². The Bertz CT molecular complexity index is 547. The topological polar surface area (TPSA) is 18.5 Å². The van der Waals surface area contributed by atoms with Crippen LogP contribution in [0.2, 0.25) is 5.02 Å². The van der Waals surface area contributed by atoms with E-state index in [1.54, 1.807) is 30.3 Å². The highest BCUT2D eigenvalue weighted by molar-refractivity contribution is 6.30. The quantitative estimate of drug-likeness (QED) is 0.830. The molecule has 0 amide bonds. The fourth-order valence-electron chi connectivity index (χ4n) is 1.81. The largest absolute Gasteiger partial charge is 0.496 e. The highest BCUT2D eigenvalue weighted by atomic mass is 35.5. The molecule has 0 atom stereocenters. The van der Waals surface area contributed by atoms with Gasteiger partial charge in [-0.1, -0.05) is 17.7 Å². The molecule has 0 aromatic heterocycles. The van der Waals surface area contributed by atoms with E-state index in [1.165, 1.54) is 20.3 Å². The van der Waals surface area contributed by atoms with Crippen molar-refractivity contribution in [2.45, 2.75) is 0 Å². The number of hydrogen-bond acceptors (Lipinski definition) is 2. The van der Waals surface area contributed by atoms with Gasteiger partial charge >= 0.3 is 0 Å². The van der Waals surface area contributed by atoms with Crippen LogP contribution in [0.5, 0.6) is 11.5 Å². The molecule has 2 aromatic rings. The second kappa shape index (κ2) is 5.27. The van der Waals surface area contributed by atoms with Gasteiger partial charge in [0.1, 0.15) is 17.3 Å². The molecule has 0 aliphatic rings. The summed E-state index contributed by atoms with van der Waals surface area (Å²) >= 11 is 5.75. The maximum atomic E-state index is 14.0. The van der Waals surface area contributed by atoms with Gasteiger partial charge in [-0.2, -0.15) is 0 Å². The van der Waals surface area contributed by atoms with Crippen LogP contribution in [0.25, 0.3) is 11.1 Å². The molecule has 0 fully saturated rings. The van der Waals surface area contributed by atoms with E-state index in [2.05, 4.69) is 0 Å². The van der Waals surface area contributed by atoms with Crippen LogP contribution in [-0.4, -0.2) is 14.2 Å². The predicted octanol–water partition coefficient (Wildman–Crippen LogP) is 4.16. The Morgan fingerprint density at radius 3 is 2.11 bits per heavy atom. The van der Waals surface area contributed by atoms with Crippen molar-refractivity contribution in [3.05, 3.63) is 47.2 Å². The van der Waals surface area contributed by atoms with Gasteiger partial charge in [-0.15, -0.1) is 0 Å². The minimum atomic E-state index is -0.412. The molecule has 4 heteroatoms. The maximum absolute atomic E-state index is 14.0. The van der Waals surface area contributed by atoms with Gasteiger partial charge in [0.25, 0.3) is 0 Å². The van der Waals surface area contributed by atoms with Crippen molar-refractivity contribution in [1.82, 2.24) is 0 Å². The molecule has 2 aromatic carbocycles. The lowest BCUT2D eigenvalue weighted by Crippen LogP contribution is -1.94. The molecule has 18 heavy (non-hydrogen) atoms. The third-order valence-corrected chi connectivity index (χ3v) is 2.86. The molecule has 0 spiro atoms. The van der Waals surface area contributed by atoms with Crippen molar-refractivity contribution in [3.8, 4) is 22.6 Å². The Morgan fingerprint density at radius 1 is 1.00 bits per heavy atom. The standard InChI is InChI=1S/C14H12ClFO2/c1-17-12-4-3-5-13(18-2)14(12)10-7-6-9(15)8-11(10)16/h3-8H,1-2H3. The van der Waals surface area contributed by atoms with Gasteiger partial charge in [-0.3, -0.25) is 0 Å². The lowest BCUT2D eigenvalue weighted by molar-refractivity contribution is 0.397. The number of benzene rings is 2. The normalized spacial score (nSPS) is 10.2. The Kier molecular flexibility index (Phi) is 3.72. The molecule has 0 saturated heterocycles. The molecule has 0 aliphatic carbocycles. The number of rotatable bonds is 3. The van der Waals surface area contributed by atoms with Gasteiger partial charge in [0, 0.05) is 10.6 Å². The van der Waals surface area contributed by atoms with Gasteiger partial charge in [0.05, 0.1) is 19.8 Å². The van der Waals surface area contributed by atoms with E-state index >= 15 is 0 Å². The average Bonchev–Trinajstić information content (AvgIpc) is 2.38. The molecule has 0 heterocycles. The second-order valence-corrected chi connectivity index (χ2v) is 4.10. The van der Waals surface area contributed by atoms with E-state index in [9.17, 15) is 4.39 Å². The van der Waals surface area contributed by atoms with Crippen LogP contribution >= 0.6 is 11.6 Å². The van der Waals surface area contributed by atoms with E-state index in [1.807, 2.05) is 0 Å². The first kappa shape index (κ1) is 12.7. The third-order valence-electron chi connectivity index (χ3n) is 2.63. The average molecular weight is 267 g/mol. The number of hydrogen-bond donors (Lipinski definition) is 0. The van der Waals surface area contributed by atoms with Crippen molar-refractivity contribution >= 4 is 11.6 Å². The fourth-order valence-corrected chi connectivity index (χ4v) is 1.97. The SMILES string of the molecule is COc1cccc(OC)c1-c1ccc(Cl)cc1F. The number of ether oxygens (including phenoxy) is 2. The molecule has 0 saturated carbocycles. The smallest absolute Gasteiger partial charge is 0.132 e. The van der Waals surface area contributed by atoms with Crippen molar-refractivity contribution in [3.63, 3.8) is 0 Å². The van der Waals surface area contributed by atoms with Gasteiger partial charge in [-0.25, -0.2) is 4.39 Å². The summed E-state index contributed by atoms with van der Waals surface area (Å²) in [6.45, 7) is 0. The van der Waals surface area contributed by atoms with Crippen LogP contribution in [0, 0.1) is 5.82 Å². The highest BCUT2D eigenvalue weighted by Gasteiger charge is 2.15. The molecule has 2 nitrogen and oxygen atoms in total. The number of methoxy groups -OCH3 is 2. The fraction of sp³-hybridized carbons (Fsp3) is 0.143. The van der Waals surface area contributed by atoms with E-state index in [0.29, 0.717) is 27.6 Å². The van der Waals surface area contributed by atoms with E-state index in [-0.39, 0.29) is 0 Å². The van der Waals surface area contributed by atoms with Crippen molar-refractivity contribution in [2.24, 2.45) is 0 Å². The third kappa shape index (κ3) is 2.27. The van der Waals surface area contributed by atoms with Crippen LogP contribution < -0.4 is 9.47 Å². The summed E-state index contributed by atoms with van der Waals surface area (Å²) < 4.78 is 24.5. The summed E-state index contributed by atoms with van der Waals surface area (Å²) in [4.78, 5) is 0. The molecule has 0 aliphatic heterocycles. The van der Waals surface area contributed by atoms with Crippen molar-refractivity contribution in [2.75, 3.05) is 14.2 Å². The molecular weight excluding hydrogens is 255 g/mol. The van der Waals surface area contributed by atoms with Crippen molar-refractivity contribution < 1.29 is 13.9 Å². The Morgan fingerprint density at radius 2 is 1.61 bits per heavy atom. The molecule has 2 rings (SSSR count). The Labute approximate surface area is 110 Å². The summed E-state index contributed by atoms with van der Waals surface area (Å²) in [6, 6.07) is 9.81. The molecule has 94 valence electrons. The van der Waals surface area contributed by atoms with E-state index in [0.717, 1.165) is 0 Å². The second-order valence-electron chi connectivity index (χ2n) is 3.66. The zero-order chi connectivity index (χ0) is 13.1. The minimum absolute atomic E-state index is 0.352. The van der Waals surface area contributed by atoms with Crippen LogP contribution in [0.3, 0.4) is 0 Å². The Balaban J connectivity index is 2.68. The lowest BCUT2D eigenvalue weighted by atomic mass is 10.0. The molecule has 0 N–H and O–H groups in total. The van der Waals surface area contributed by atoms with Gasteiger partial charge in [-0.05, 0) is 30.3 Å². The molecule has 0 bridgehead atoms. The first-order valence-electron chi connectivity index (χ1n) is 5.33. The van der Waals surface area contributed by atoms with E-state index in [4.69, 9.17) is 21.1 Å². The van der Waals surface area contributed by atoms with Gasteiger partial charge < -0.3 is 9.47 Å². The lowest BCUT2D eigenvalue weighted by Gasteiger charge is -2.13. The first-order valence-corrected chi connectivity index (χ1v) is 5.71. The van der Waals surface area contributed by atoms with Crippen LogP contribution in [0.4, 0.5) is 4.39 Å².